The van der Waals surface area contributed by atoms with E-state index >= 15 is 0 Å². The number of amides is 1. The van der Waals surface area contributed by atoms with Crippen LogP contribution in [-0.2, 0) is 6.54 Å². The quantitative estimate of drug-likeness (QED) is 0.670. The fraction of sp³-hybridized carbons (Fsp3) is 0.227. The normalized spacial score (nSPS) is 16.4. The van der Waals surface area contributed by atoms with Crippen molar-refractivity contribution in [3.8, 4) is 0 Å². The summed E-state index contributed by atoms with van der Waals surface area (Å²) < 4.78 is 15.8. The van der Waals surface area contributed by atoms with Crippen LogP contribution in [0.15, 0.2) is 60.8 Å². The van der Waals surface area contributed by atoms with Crippen LogP contribution in [0.1, 0.15) is 38.8 Å². The standard InChI is InChI=1S/C22H21FN2O/c1-15-6-3-4-7-18(15)21-20-8-5-11-24(20)12-13-25(21)22(26)17-9-10-19(23)16(2)14-17/h3-11,14,21H,12-13H2,1-2H3/t21-/m1/s1. The highest BCUT2D eigenvalue weighted by atomic mass is 19.1. The van der Waals surface area contributed by atoms with Gasteiger partial charge in [0.15, 0.2) is 0 Å². The van der Waals surface area contributed by atoms with E-state index in [-0.39, 0.29) is 17.8 Å². The second-order valence-corrected chi connectivity index (χ2v) is 6.85. The molecule has 1 aromatic heterocycles. The summed E-state index contributed by atoms with van der Waals surface area (Å²) >= 11 is 0. The van der Waals surface area contributed by atoms with Gasteiger partial charge in [0.1, 0.15) is 5.82 Å². The molecule has 0 aliphatic carbocycles. The summed E-state index contributed by atoms with van der Waals surface area (Å²) in [5, 5.41) is 0. The molecule has 0 saturated carbocycles. The highest BCUT2D eigenvalue weighted by molar-refractivity contribution is 5.95. The van der Waals surface area contributed by atoms with Gasteiger partial charge in [0.05, 0.1) is 6.04 Å². The summed E-state index contributed by atoms with van der Waals surface area (Å²) in [6.07, 6.45) is 2.06. The summed E-state index contributed by atoms with van der Waals surface area (Å²) in [4.78, 5) is 15.2. The van der Waals surface area contributed by atoms with Crippen molar-refractivity contribution in [2.45, 2.75) is 26.4 Å². The maximum atomic E-state index is 13.6. The summed E-state index contributed by atoms with van der Waals surface area (Å²) in [6, 6.07) is 16.7. The lowest BCUT2D eigenvalue weighted by Gasteiger charge is -2.38. The number of rotatable bonds is 2. The first-order valence-electron chi connectivity index (χ1n) is 8.84. The molecule has 3 aromatic rings. The monoisotopic (exact) mass is 348 g/mol. The van der Waals surface area contributed by atoms with Crippen molar-refractivity contribution in [2.75, 3.05) is 6.54 Å². The van der Waals surface area contributed by atoms with Gasteiger partial charge in [-0.2, -0.15) is 0 Å². The molecule has 1 atom stereocenters. The van der Waals surface area contributed by atoms with Crippen molar-refractivity contribution in [1.82, 2.24) is 9.47 Å². The maximum Gasteiger partial charge on any atom is 0.254 e. The van der Waals surface area contributed by atoms with Gasteiger partial charge in [-0.15, -0.1) is 0 Å². The molecule has 4 rings (SSSR count). The average Bonchev–Trinajstić information content (AvgIpc) is 3.12. The van der Waals surface area contributed by atoms with E-state index in [4.69, 9.17) is 0 Å². The van der Waals surface area contributed by atoms with Gasteiger partial charge in [0, 0.05) is 30.5 Å². The number of carbonyl (C=O) groups excluding carboxylic acids is 1. The first-order valence-corrected chi connectivity index (χ1v) is 8.84. The predicted octanol–water partition coefficient (Wildman–Crippen LogP) is 4.49. The molecule has 0 radical (unpaired) electrons. The number of aromatic nitrogens is 1. The summed E-state index contributed by atoms with van der Waals surface area (Å²) in [5.74, 6) is -0.349. The molecular weight excluding hydrogens is 327 g/mol. The second-order valence-electron chi connectivity index (χ2n) is 6.85. The van der Waals surface area contributed by atoms with Crippen molar-refractivity contribution in [3.63, 3.8) is 0 Å². The number of hydrogen-bond donors (Lipinski definition) is 0. The Kier molecular flexibility index (Phi) is 4.11. The van der Waals surface area contributed by atoms with E-state index in [0.717, 1.165) is 23.4 Å². The van der Waals surface area contributed by atoms with E-state index in [2.05, 4.69) is 35.9 Å². The van der Waals surface area contributed by atoms with E-state index in [1.807, 2.05) is 23.1 Å². The number of aryl methyl sites for hydroxylation is 2. The van der Waals surface area contributed by atoms with E-state index < -0.39 is 0 Å². The SMILES string of the molecule is Cc1cc(C(=O)N2CCn3cccc3[C@H]2c2ccccc2C)ccc1F. The fourth-order valence-corrected chi connectivity index (χ4v) is 3.77. The number of halogens is 1. The molecule has 0 bridgehead atoms. The molecule has 4 heteroatoms. The van der Waals surface area contributed by atoms with Crippen LogP contribution in [-0.4, -0.2) is 21.9 Å². The minimum Gasteiger partial charge on any atom is -0.348 e. The predicted molar refractivity (Wildman–Crippen MR) is 99.6 cm³/mol. The smallest absolute Gasteiger partial charge is 0.254 e. The molecule has 2 aromatic carbocycles. The minimum atomic E-state index is -0.287. The molecule has 0 N–H and O–H groups in total. The van der Waals surface area contributed by atoms with Crippen molar-refractivity contribution >= 4 is 5.91 Å². The molecule has 1 amide bonds. The molecule has 0 saturated heterocycles. The van der Waals surface area contributed by atoms with E-state index in [9.17, 15) is 9.18 Å². The third-order valence-corrected chi connectivity index (χ3v) is 5.19. The van der Waals surface area contributed by atoms with Crippen molar-refractivity contribution in [2.24, 2.45) is 0 Å². The Balaban J connectivity index is 1.80. The van der Waals surface area contributed by atoms with E-state index in [0.29, 0.717) is 17.7 Å². The third-order valence-electron chi connectivity index (χ3n) is 5.19. The summed E-state index contributed by atoms with van der Waals surface area (Å²) in [6.45, 7) is 5.14. The van der Waals surface area contributed by atoms with Crippen molar-refractivity contribution < 1.29 is 9.18 Å². The van der Waals surface area contributed by atoms with Gasteiger partial charge in [-0.05, 0) is 60.9 Å². The molecular formula is C22H21FN2O. The second kappa shape index (κ2) is 6.45. The highest BCUT2D eigenvalue weighted by Gasteiger charge is 2.33. The molecule has 2 heterocycles. The number of nitrogens with zero attached hydrogens (tertiary/aromatic N) is 2. The van der Waals surface area contributed by atoms with Crippen LogP contribution in [0.3, 0.4) is 0 Å². The molecule has 0 unspecified atom stereocenters. The Morgan fingerprint density at radius 3 is 2.58 bits per heavy atom. The Hall–Kier alpha value is -2.88. The molecule has 1 aliphatic heterocycles. The zero-order chi connectivity index (χ0) is 18.3. The van der Waals surface area contributed by atoms with Crippen LogP contribution < -0.4 is 0 Å². The van der Waals surface area contributed by atoms with Crippen LogP contribution in [0.5, 0.6) is 0 Å². The average molecular weight is 348 g/mol. The maximum absolute atomic E-state index is 13.6. The van der Waals surface area contributed by atoms with E-state index in [1.165, 1.54) is 6.07 Å². The first-order chi connectivity index (χ1) is 12.6. The van der Waals surface area contributed by atoms with Gasteiger partial charge in [-0.1, -0.05) is 24.3 Å². The minimum absolute atomic E-state index is 0.0613. The number of carbonyl (C=O) groups is 1. The molecule has 0 spiro atoms. The molecule has 26 heavy (non-hydrogen) atoms. The topological polar surface area (TPSA) is 25.2 Å². The van der Waals surface area contributed by atoms with Gasteiger partial charge < -0.3 is 9.47 Å². The number of hydrogen-bond acceptors (Lipinski definition) is 1. The first kappa shape index (κ1) is 16.6. The van der Waals surface area contributed by atoms with Gasteiger partial charge in [0.2, 0.25) is 0 Å². The molecule has 0 fully saturated rings. The lowest BCUT2D eigenvalue weighted by molar-refractivity contribution is 0.0663. The zero-order valence-electron chi connectivity index (χ0n) is 14.9. The lowest BCUT2D eigenvalue weighted by Crippen LogP contribution is -2.42. The molecule has 3 nitrogen and oxygen atoms in total. The van der Waals surface area contributed by atoms with Crippen LogP contribution in [0.4, 0.5) is 4.39 Å². The third kappa shape index (κ3) is 2.71. The van der Waals surface area contributed by atoms with Gasteiger partial charge >= 0.3 is 0 Å². The summed E-state index contributed by atoms with van der Waals surface area (Å²) in [7, 11) is 0. The molecule has 132 valence electrons. The zero-order valence-corrected chi connectivity index (χ0v) is 14.9. The largest absolute Gasteiger partial charge is 0.348 e. The van der Waals surface area contributed by atoms with Crippen LogP contribution in [0.25, 0.3) is 0 Å². The van der Waals surface area contributed by atoms with Gasteiger partial charge in [-0.25, -0.2) is 4.39 Å². The Morgan fingerprint density at radius 2 is 1.81 bits per heavy atom. The number of benzene rings is 2. The van der Waals surface area contributed by atoms with Crippen molar-refractivity contribution in [3.05, 3.63) is 94.6 Å². The highest BCUT2D eigenvalue weighted by Crippen LogP contribution is 2.35. The Morgan fingerprint density at radius 1 is 1.00 bits per heavy atom. The number of fused-ring (bicyclic) bond motifs is 1. The Labute approximate surface area is 152 Å². The van der Waals surface area contributed by atoms with Gasteiger partial charge in [-0.3, -0.25) is 4.79 Å². The van der Waals surface area contributed by atoms with Crippen LogP contribution >= 0.6 is 0 Å². The fourth-order valence-electron chi connectivity index (χ4n) is 3.77. The van der Waals surface area contributed by atoms with Crippen molar-refractivity contribution in [1.29, 1.82) is 0 Å². The van der Waals surface area contributed by atoms with E-state index in [1.54, 1.807) is 19.1 Å². The van der Waals surface area contributed by atoms with Crippen LogP contribution in [0.2, 0.25) is 0 Å². The van der Waals surface area contributed by atoms with Crippen LogP contribution in [0, 0.1) is 19.7 Å². The molecule has 1 aliphatic rings. The summed E-state index contributed by atoms with van der Waals surface area (Å²) in [5.41, 5.74) is 4.41. The Bertz CT molecular complexity index is 976. The van der Waals surface area contributed by atoms with Gasteiger partial charge in [0.25, 0.3) is 5.91 Å². The lowest BCUT2D eigenvalue weighted by atomic mass is 9.95.